The summed E-state index contributed by atoms with van der Waals surface area (Å²) < 4.78 is 0. The molecular weight excluding hydrogens is 220 g/mol. The van der Waals surface area contributed by atoms with Crippen molar-refractivity contribution in [2.45, 2.75) is 40.5 Å². The summed E-state index contributed by atoms with van der Waals surface area (Å²) >= 11 is 6.10. The molecule has 0 aliphatic carbocycles. The normalized spacial score (nSPS) is 12.6. The maximum atomic E-state index is 12.0. The van der Waals surface area contributed by atoms with E-state index in [1.165, 1.54) is 0 Å². The van der Waals surface area contributed by atoms with Crippen LogP contribution in [-0.4, -0.2) is 5.78 Å². The van der Waals surface area contributed by atoms with Crippen molar-refractivity contribution in [1.82, 2.24) is 0 Å². The number of hydrogen-bond acceptors (Lipinski definition) is 1. The van der Waals surface area contributed by atoms with Crippen LogP contribution in [0.4, 0.5) is 0 Å². The third-order valence-corrected chi connectivity index (χ3v) is 3.43. The predicted molar refractivity (Wildman–Crippen MR) is 69.3 cm³/mol. The summed E-state index contributed by atoms with van der Waals surface area (Å²) in [7, 11) is 0. The van der Waals surface area contributed by atoms with Gasteiger partial charge in [-0.25, -0.2) is 0 Å². The Morgan fingerprint density at radius 2 is 1.88 bits per heavy atom. The van der Waals surface area contributed by atoms with E-state index in [0.29, 0.717) is 22.9 Å². The highest BCUT2D eigenvalue weighted by Crippen LogP contribution is 2.23. The first-order chi connectivity index (χ1) is 7.45. The van der Waals surface area contributed by atoms with Gasteiger partial charge in [0.1, 0.15) is 0 Å². The first-order valence-corrected chi connectivity index (χ1v) is 6.13. The third kappa shape index (κ3) is 3.08. The van der Waals surface area contributed by atoms with E-state index < -0.39 is 0 Å². The topological polar surface area (TPSA) is 17.1 Å². The van der Waals surface area contributed by atoms with Crippen LogP contribution in [0.25, 0.3) is 0 Å². The van der Waals surface area contributed by atoms with Crippen LogP contribution < -0.4 is 0 Å². The lowest BCUT2D eigenvalue weighted by atomic mass is 9.96. The van der Waals surface area contributed by atoms with E-state index in [0.717, 1.165) is 17.5 Å². The van der Waals surface area contributed by atoms with Crippen LogP contribution >= 0.6 is 11.6 Å². The molecule has 1 aromatic carbocycles. The quantitative estimate of drug-likeness (QED) is 0.702. The molecule has 0 saturated carbocycles. The van der Waals surface area contributed by atoms with Crippen LogP contribution in [0.15, 0.2) is 12.1 Å². The number of carbonyl (C=O) groups is 1. The molecule has 0 fully saturated rings. The number of carbonyl (C=O) groups excluding carboxylic acids is 1. The van der Waals surface area contributed by atoms with Gasteiger partial charge in [0.25, 0.3) is 0 Å². The van der Waals surface area contributed by atoms with Gasteiger partial charge in [-0.15, -0.1) is 0 Å². The summed E-state index contributed by atoms with van der Waals surface area (Å²) in [6, 6.07) is 3.78. The number of benzene rings is 1. The standard InChI is InChI=1S/C14H19ClO/c1-5-9(2)6-14(16)12-7-10(3)11(4)8-13(12)15/h7-9H,5-6H2,1-4H3. The van der Waals surface area contributed by atoms with Crippen LogP contribution in [0.2, 0.25) is 5.02 Å². The Kier molecular flexibility index (Phi) is 4.55. The van der Waals surface area contributed by atoms with Gasteiger partial charge in [0.15, 0.2) is 5.78 Å². The molecule has 0 spiro atoms. The maximum Gasteiger partial charge on any atom is 0.164 e. The second kappa shape index (κ2) is 5.49. The fourth-order valence-corrected chi connectivity index (χ4v) is 1.89. The molecule has 1 nitrogen and oxygen atoms in total. The Balaban J connectivity index is 2.96. The number of aryl methyl sites for hydroxylation is 2. The van der Waals surface area contributed by atoms with Crippen molar-refractivity contribution < 1.29 is 4.79 Å². The Morgan fingerprint density at radius 1 is 1.31 bits per heavy atom. The fourth-order valence-electron chi connectivity index (χ4n) is 1.57. The van der Waals surface area contributed by atoms with Gasteiger partial charge in [-0.1, -0.05) is 31.9 Å². The zero-order chi connectivity index (χ0) is 12.3. The molecule has 0 amide bonds. The molecule has 0 aliphatic rings. The average Bonchev–Trinajstić information content (AvgIpc) is 2.23. The highest BCUT2D eigenvalue weighted by molar-refractivity contribution is 6.34. The second-order valence-electron chi connectivity index (χ2n) is 4.56. The molecule has 16 heavy (non-hydrogen) atoms. The van der Waals surface area contributed by atoms with E-state index in [2.05, 4.69) is 13.8 Å². The van der Waals surface area contributed by atoms with E-state index in [9.17, 15) is 4.79 Å². The van der Waals surface area contributed by atoms with Crippen molar-refractivity contribution in [2.24, 2.45) is 5.92 Å². The van der Waals surface area contributed by atoms with E-state index >= 15 is 0 Å². The molecule has 0 radical (unpaired) electrons. The molecule has 1 unspecified atom stereocenters. The minimum Gasteiger partial charge on any atom is -0.294 e. The van der Waals surface area contributed by atoms with Gasteiger partial charge in [0.2, 0.25) is 0 Å². The first kappa shape index (κ1) is 13.2. The smallest absolute Gasteiger partial charge is 0.164 e. The van der Waals surface area contributed by atoms with Crippen LogP contribution in [0, 0.1) is 19.8 Å². The van der Waals surface area contributed by atoms with Gasteiger partial charge in [-0.2, -0.15) is 0 Å². The molecule has 0 aliphatic heterocycles. The number of hydrogen-bond donors (Lipinski definition) is 0. The van der Waals surface area contributed by atoms with Crippen molar-refractivity contribution >= 4 is 17.4 Å². The molecule has 1 atom stereocenters. The zero-order valence-electron chi connectivity index (χ0n) is 10.4. The summed E-state index contributed by atoms with van der Waals surface area (Å²) in [6.07, 6.45) is 1.60. The van der Waals surface area contributed by atoms with Gasteiger partial charge in [-0.05, 0) is 43.0 Å². The van der Waals surface area contributed by atoms with Crippen LogP contribution in [0.1, 0.15) is 48.2 Å². The van der Waals surface area contributed by atoms with E-state index in [1.54, 1.807) is 0 Å². The molecule has 1 rings (SSSR count). The molecule has 0 N–H and O–H groups in total. The van der Waals surface area contributed by atoms with Crippen molar-refractivity contribution in [2.75, 3.05) is 0 Å². The largest absolute Gasteiger partial charge is 0.294 e. The van der Waals surface area contributed by atoms with Crippen LogP contribution in [-0.2, 0) is 0 Å². The zero-order valence-corrected chi connectivity index (χ0v) is 11.2. The van der Waals surface area contributed by atoms with E-state index in [4.69, 9.17) is 11.6 Å². The molecular formula is C14H19ClO. The molecule has 88 valence electrons. The SMILES string of the molecule is CCC(C)CC(=O)c1cc(C)c(C)cc1Cl. The molecule has 2 heteroatoms. The lowest BCUT2D eigenvalue weighted by Gasteiger charge is -2.10. The van der Waals surface area contributed by atoms with E-state index in [1.807, 2.05) is 26.0 Å². The van der Waals surface area contributed by atoms with Crippen molar-refractivity contribution in [3.05, 3.63) is 33.8 Å². The van der Waals surface area contributed by atoms with Crippen LogP contribution in [0.5, 0.6) is 0 Å². The highest BCUT2D eigenvalue weighted by atomic mass is 35.5. The van der Waals surface area contributed by atoms with Crippen molar-refractivity contribution in [3.8, 4) is 0 Å². The Morgan fingerprint density at radius 3 is 2.44 bits per heavy atom. The van der Waals surface area contributed by atoms with Crippen molar-refractivity contribution in [1.29, 1.82) is 0 Å². The minimum atomic E-state index is 0.155. The molecule has 0 aromatic heterocycles. The molecule has 0 saturated heterocycles. The van der Waals surface area contributed by atoms with Crippen molar-refractivity contribution in [3.63, 3.8) is 0 Å². The molecule has 0 heterocycles. The summed E-state index contributed by atoms with van der Waals surface area (Å²) in [5.41, 5.74) is 2.92. The fraction of sp³-hybridized carbons (Fsp3) is 0.500. The summed E-state index contributed by atoms with van der Waals surface area (Å²) in [6.45, 7) is 8.20. The minimum absolute atomic E-state index is 0.155. The predicted octanol–water partition coefficient (Wildman–Crippen LogP) is 4.58. The Bertz CT molecular complexity index is 396. The van der Waals surface area contributed by atoms with Gasteiger partial charge in [-0.3, -0.25) is 4.79 Å². The summed E-state index contributed by atoms with van der Waals surface area (Å²) in [5.74, 6) is 0.577. The van der Waals surface area contributed by atoms with Crippen LogP contribution in [0.3, 0.4) is 0 Å². The Hall–Kier alpha value is -0.820. The highest BCUT2D eigenvalue weighted by Gasteiger charge is 2.14. The molecule has 1 aromatic rings. The molecule has 0 bridgehead atoms. The number of ketones is 1. The first-order valence-electron chi connectivity index (χ1n) is 5.75. The maximum absolute atomic E-state index is 12.0. The summed E-state index contributed by atoms with van der Waals surface area (Å²) in [5, 5.41) is 0.580. The van der Waals surface area contributed by atoms with Gasteiger partial charge < -0.3 is 0 Å². The second-order valence-corrected chi connectivity index (χ2v) is 4.96. The summed E-state index contributed by atoms with van der Waals surface area (Å²) in [4.78, 5) is 12.0. The Labute approximate surface area is 103 Å². The van der Waals surface area contributed by atoms with Gasteiger partial charge in [0.05, 0.1) is 5.02 Å². The third-order valence-electron chi connectivity index (χ3n) is 3.11. The lowest BCUT2D eigenvalue weighted by Crippen LogP contribution is -2.06. The monoisotopic (exact) mass is 238 g/mol. The van der Waals surface area contributed by atoms with Gasteiger partial charge >= 0.3 is 0 Å². The number of Topliss-reactive ketones (excluding diaryl/α,β-unsaturated/α-hetero) is 1. The van der Waals surface area contributed by atoms with E-state index in [-0.39, 0.29) is 5.78 Å². The average molecular weight is 239 g/mol. The number of halogens is 1. The van der Waals surface area contributed by atoms with Gasteiger partial charge in [0, 0.05) is 12.0 Å². The number of rotatable bonds is 4. The lowest BCUT2D eigenvalue weighted by molar-refractivity contribution is 0.0964.